The lowest BCUT2D eigenvalue weighted by atomic mass is 10.2. The van der Waals surface area contributed by atoms with Crippen molar-refractivity contribution < 1.29 is 13.5 Å². The van der Waals surface area contributed by atoms with Gasteiger partial charge in [-0.15, -0.1) is 0 Å². The van der Waals surface area contributed by atoms with Crippen molar-refractivity contribution in [2.45, 2.75) is 6.42 Å². The van der Waals surface area contributed by atoms with Gasteiger partial charge in [-0.3, -0.25) is 0 Å². The number of ether oxygens (including phenoxy) is 1. The molecule has 0 bridgehead atoms. The number of rotatable bonds is 7. The van der Waals surface area contributed by atoms with E-state index in [0.29, 0.717) is 34.7 Å². The van der Waals surface area contributed by atoms with Gasteiger partial charge in [-0.25, -0.2) is 9.37 Å². The zero-order valence-corrected chi connectivity index (χ0v) is 12.7. The highest BCUT2D eigenvalue weighted by atomic mass is 79.9. The van der Waals surface area contributed by atoms with E-state index in [1.165, 1.54) is 0 Å². The first-order chi connectivity index (χ1) is 9.72. The fraction of sp³-hybridized carbons (Fsp3) is 0.357. The van der Waals surface area contributed by atoms with Crippen LogP contribution in [0, 0.1) is 5.82 Å². The molecule has 1 aromatic carbocycles. The number of oxazole rings is 1. The van der Waals surface area contributed by atoms with Crippen LogP contribution in [0.5, 0.6) is 0 Å². The molecular weight excluding hydrogens is 327 g/mol. The van der Waals surface area contributed by atoms with E-state index in [-0.39, 0.29) is 5.82 Å². The standard InChI is InChI=1S/C14H16BrFN2O2/c1-19-8-7-17-6-5-13-18-9-12(20-13)10-3-2-4-11(15)14(10)16/h2-4,9,17H,5-8H2,1H3. The molecule has 0 saturated heterocycles. The Morgan fingerprint density at radius 3 is 3.05 bits per heavy atom. The highest BCUT2D eigenvalue weighted by Gasteiger charge is 2.12. The number of methoxy groups -OCH3 is 1. The minimum atomic E-state index is -0.339. The van der Waals surface area contributed by atoms with E-state index in [4.69, 9.17) is 9.15 Å². The van der Waals surface area contributed by atoms with Crippen LogP contribution in [-0.4, -0.2) is 31.8 Å². The Kier molecular flexibility index (Phi) is 5.70. The van der Waals surface area contributed by atoms with Crippen molar-refractivity contribution in [2.24, 2.45) is 0 Å². The molecule has 0 radical (unpaired) electrons. The van der Waals surface area contributed by atoms with E-state index in [9.17, 15) is 4.39 Å². The largest absolute Gasteiger partial charge is 0.441 e. The fourth-order valence-corrected chi connectivity index (χ4v) is 2.11. The van der Waals surface area contributed by atoms with Crippen LogP contribution in [0.3, 0.4) is 0 Å². The zero-order chi connectivity index (χ0) is 14.4. The molecule has 2 rings (SSSR count). The van der Waals surface area contributed by atoms with Crippen molar-refractivity contribution in [1.29, 1.82) is 0 Å². The van der Waals surface area contributed by atoms with Crippen LogP contribution < -0.4 is 5.32 Å². The van der Waals surface area contributed by atoms with E-state index in [1.807, 2.05) is 0 Å². The molecule has 1 heterocycles. The van der Waals surface area contributed by atoms with E-state index in [1.54, 1.807) is 31.5 Å². The SMILES string of the molecule is COCCNCCc1ncc(-c2cccc(Br)c2F)o1. The molecule has 108 valence electrons. The molecule has 0 amide bonds. The molecule has 0 spiro atoms. The van der Waals surface area contributed by atoms with Gasteiger partial charge in [0.2, 0.25) is 0 Å². The molecule has 0 aliphatic carbocycles. The molecule has 4 nitrogen and oxygen atoms in total. The maximum absolute atomic E-state index is 13.9. The Labute approximate surface area is 125 Å². The second-order valence-electron chi connectivity index (χ2n) is 4.21. The zero-order valence-electron chi connectivity index (χ0n) is 11.2. The van der Waals surface area contributed by atoms with Crippen molar-refractivity contribution in [3.8, 4) is 11.3 Å². The molecule has 1 N–H and O–H groups in total. The van der Waals surface area contributed by atoms with Crippen LogP contribution in [0.25, 0.3) is 11.3 Å². The van der Waals surface area contributed by atoms with Crippen molar-refractivity contribution in [3.05, 3.63) is 40.6 Å². The van der Waals surface area contributed by atoms with Gasteiger partial charge in [-0.1, -0.05) is 6.07 Å². The van der Waals surface area contributed by atoms with E-state index >= 15 is 0 Å². The number of nitrogens with one attached hydrogen (secondary N) is 1. The van der Waals surface area contributed by atoms with Crippen molar-refractivity contribution in [3.63, 3.8) is 0 Å². The van der Waals surface area contributed by atoms with Crippen molar-refractivity contribution in [2.75, 3.05) is 26.8 Å². The molecule has 20 heavy (non-hydrogen) atoms. The summed E-state index contributed by atoms with van der Waals surface area (Å²) >= 11 is 3.16. The minimum absolute atomic E-state index is 0.339. The molecule has 0 atom stereocenters. The topological polar surface area (TPSA) is 47.3 Å². The number of benzene rings is 1. The summed E-state index contributed by atoms with van der Waals surface area (Å²) in [7, 11) is 1.66. The first-order valence-electron chi connectivity index (χ1n) is 6.31. The average molecular weight is 343 g/mol. The minimum Gasteiger partial charge on any atom is -0.441 e. The Hall–Kier alpha value is -1.24. The summed E-state index contributed by atoms with van der Waals surface area (Å²) in [6, 6.07) is 5.08. The van der Waals surface area contributed by atoms with Crippen LogP contribution in [0.4, 0.5) is 4.39 Å². The van der Waals surface area contributed by atoms with Gasteiger partial charge in [0.25, 0.3) is 0 Å². The maximum Gasteiger partial charge on any atom is 0.196 e. The second-order valence-corrected chi connectivity index (χ2v) is 5.07. The molecule has 0 saturated carbocycles. The van der Waals surface area contributed by atoms with Gasteiger partial charge in [0.05, 0.1) is 22.8 Å². The quantitative estimate of drug-likeness (QED) is 0.785. The van der Waals surface area contributed by atoms with Gasteiger partial charge in [-0.05, 0) is 28.1 Å². The molecule has 2 aromatic rings. The lowest BCUT2D eigenvalue weighted by Crippen LogP contribution is -2.21. The molecule has 0 unspecified atom stereocenters. The lowest BCUT2D eigenvalue weighted by molar-refractivity contribution is 0.199. The molecule has 1 aromatic heterocycles. The number of hydrogen-bond acceptors (Lipinski definition) is 4. The summed E-state index contributed by atoms with van der Waals surface area (Å²) in [5, 5.41) is 3.20. The number of halogens is 2. The predicted molar refractivity (Wildman–Crippen MR) is 78.0 cm³/mol. The summed E-state index contributed by atoms with van der Waals surface area (Å²) in [4.78, 5) is 4.16. The van der Waals surface area contributed by atoms with Gasteiger partial charge in [0, 0.05) is 26.6 Å². The maximum atomic E-state index is 13.9. The normalized spacial score (nSPS) is 10.9. The van der Waals surface area contributed by atoms with Gasteiger partial charge in [0.15, 0.2) is 11.7 Å². The highest BCUT2D eigenvalue weighted by Crippen LogP contribution is 2.28. The smallest absolute Gasteiger partial charge is 0.196 e. The fourth-order valence-electron chi connectivity index (χ4n) is 1.74. The average Bonchev–Trinajstić information content (AvgIpc) is 2.90. The molecule has 0 fully saturated rings. The van der Waals surface area contributed by atoms with Crippen molar-refractivity contribution in [1.82, 2.24) is 10.3 Å². The number of hydrogen-bond donors (Lipinski definition) is 1. The summed E-state index contributed by atoms with van der Waals surface area (Å²) < 4.78 is 24.8. The first-order valence-corrected chi connectivity index (χ1v) is 7.10. The summed E-state index contributed by atoms with van der Waals surface area (Å²) in [6.45, 7) is 2.19. The Bertz CT molecular complexity index is 560. The van der Waals surface area contributed by atoms with Gasteiger partial charge in [0.1, 0.15) is 5.82 Å². The third-order valence-electron chi connectivity index (χ3n) is 2.77. The van der Waals surface area contributed by atoms with E-state index in [0.717, 1.165) is 13.1 Å². The van der Waals surface area contributed by atoms with Crippen LogP contribution in [0.2, 0.25) is 0 Å². The van der Waals surface area contributed by atoms with Crippen LogP contribution in [-0.2, 0) is 11.2 Å². The highest BCUT2D eigenvalue weighted by molar-refractivity contribution is 9.10. The first kappa shape index (κ1) is 15.2. The Balaban J connectivity index is 1.97. The number of nitrogens with zero attached hydrogens (tertiary/aromatic N) is 1. The Morgan fingerprint density at radius 2 is 2.25 bits per heavy atom. The van der Waals surface area contributed by atoms with Crippen molar-refractivity contribution >= 4 is 15.9 Å². The van der Waals surface area contributed by atoms with E-state index < -0.39 is 0 Å². The van der Waals surface area contributed by atoms with Crippen LogP contribution >= 0.6 is 15.9 Å². The summed E-state index contributed by atoms with van der Waals surface area (Å²) in [6.07, 6.45) is 2.20. The van der Waals surface area contributed by atoms with Gasteiger partial charge < -0.3 is 14.5 Å². The molecule has 6 heteroatoms. The van der Waals surface area contributed by atoms with Gasteiger partial charge in [-0.2, -0.15) is 0 Å². The molecule has 0 aliphatic heterocycles. The Morgan fingerprint density at radius 1 is 1.40 bits per heavy atom. The number of aromatic nitrogens is 1. The predicted octanol–water partition coefficient (Wildman–Crippen LogP) is 3.02. The third kappa shape index (κ3) is 3.88. The molecular formula is C14H16BrFN2O2. The summed E-state index contributed by atoms with van der Waals surface area (Å²) in [5.74, 6) is 0.688. The lowest BCUT2D eigenvalue weighted by Gasteiger charge is -2.02. The van der Waals surface area contributed by atoms with Crippen LogP contribution in [0.1, 0.15) is 5.89 Å². The third-order valence-corrected chi connectivity index (χ3v) is 3.38. The van der Waals surface area contributed by atoms with Crippen LogP contribution in [0.15, 0.2) is 33.3 Å². The summed E-state index contributed by atoms with van der Waals surface area (Å²) in [5.41, 5.74) is 0.408. The van der Waals surface area contributed by atoms with Gasteiger partial charge >= 0.3 is 0 Å². The second kappa shape index (κ2) is 7.52. The van der Waals surface area contributed by atoms with E-state index in [2.05, 4.69) is 26.2 Å². The monoisotopic (exact) mass is 342 g/mol. The molecule has 0 aliphatic rings.